The minimum Gasteiger partial charge on any atom is -0.363 e. The number of halogens is 1. The molecule has 1 aliphatic heterocycles. The molecule has 2 fully saturated rings. The topological polar surface area (TPSA) is 53.9 Å². The molecular weight excluding hydrogens is 293 g/mol. The van der Waals surface area contributed by atoms with Gasteiger partial charge in [-0.05, 0) is 43.4 Å². The molecule has 0 radical (unpaired) electrons. The van der Waals surface area contributed by atoms with Gasteiger partial charge >= 0.3 is 0 Å². The molecule has 5 nitrogen and oxygen atoms in total. The Hall–Kier alpha value is -2.24. The van der Waals surface area contributed by atoms with Crippen molar-refractivity contribution in [2.75, 3.05) is 23.3 Å². The second kappa shape index (κ2) is 6.10. The van der Waals surface area contributed by atoms with Gasteiger partial charge in [0.2, 0.25) is 0 Å². The van der Waals surface area contributed by atoms with Gasteiger partial charge in [0, 0.05) is 31.7 Å². The first-order chi connectivity index (χ1) is 11.3. The van der Waals surface area contributed by atoms with E-state index in [0.717, 1.165) is 37.3 Å². The summed E-state index contributed by atoms with van der Waals surface area (Å²) in [5, 5.41) is 3.10. The van der Waals surface area contributed by atoms with Crippen LogP contribution in [-0.4, -0.2) is 28.0 Å². The Labute approximate surface area is 135 Å². The first-order valence-electron chi connectivity index (χ1n) is 8.25. The van der Waals surface area contributed by atoms with E-state index in [1.54, 1.807) is 0 Å². The average Bonchev–Trinajstić information content (AvgIpc) is 3.27. The molecule has 2 aromatic heterocycles. The van der Waals surface area contributed by atoms with Crippen LogP contribution in [0.5, 0.6) is 0 Å². The lowest BCUT2D eigenvalue weighted by Gasteiger charge is -2.17. The van der Waals surface area contributed by atoms with Gasteiger partial charge in [0.25, 0.3) is 0 Å². The molecule has 1 saturated heterocycles. The second-order valence-electron chi connectivity index (χ2n) is 6.27. The predicted octanol–water partition coefficient (Wildman–Crippen LogP) is 3.10. The van der Waals surface area contributed by atoms with E-state index in [1.165, 1.54) is 19.2 Å². The molecule has 4 rings (SSSR count). The van der Waals surface area contributed by atoms with Crippen LogP contribution in [0, 0.1) is 5.82 Å². The molecule has 1 aliphatic carbocycles. The number of anilines is 2. The Kier molecular flexibility index (Phi) is 3.81. The molecule has 0 bridgehead atoms. The van der Waals surface area contributed by atoms with Crippen molar-refractivity contribution in [3.05, 3.63) is 41.7 Å². The number of hydrogen-bond acceptors (Lipinski definition) is 5. The first-order valence-corrected chi connectivity index (χ1v) is 8.25. The van der Waals surface area contributed by atoms with Gasteiger partial charge in [-0.15, -0.1) is 0 Å². The Bertz CT molecular complexity index is 695. The largest absolute Gasteiger partial charge is 0.363 e. The summed E-state index contributed by atoms with van der Waals surface area (Å²) in [6.45, 7) is 2.66. The van der Waals surface area contributed by atoms with Crippen molar-refractivity contribution >= 4 is 11.6 Å². The Balaban J connectivity index is 1.46. The van der Waals surface area contributed by atoms with Crippen LogP contribution in [0.25, 0.3) is 0 Å². The summed E-state index contributed by atoms with van der Waals surface area (Å²) in [6, 6.07) is 4.02. The molecule has 0 spiro atoms. The van der Waals surface area contributed by atoms with Gasteiger partial charge in [0.15, 0.2) is 11.6 Å². The Morgan fingerprint density at radius 3 is 2.78 bits per heavy atom. The molecule has 2 aromatic rings. The highest BCUT2D eigenvalue weighted by Gasteiger charge is 2.29. The van der Waals surface area contributed by atoms with Crippen molar-refractivity contribution < 1.29 is 4.39 Å². The monoisotopic (exact) mass is 313 g/mol. The molecule has 120 valence electrons. The van der Waals surface area contributed by atoms with Crippen molar-refractivity contribution in [3.63, 3.8) is 0 Å². The minimum absolute atomic E-state index is 0.279. The van der Waals surface area contributed by atoms with Gasteiger partial charge in [0.1, 0.15) is 12.1 Å². The third-order valence-corrected chi connectivity index (χ3v) is 4.48. The van der Waals surface area contributed by atoms with Gasteiger partial charge < -0.3 is 10.2 Å². The van der Waals surface area contributed by atoms with Crippen molar-refractivity contribution in [1.29, 1.82) is 0 Å². The molecule has 0 unspecified atom stereocenters. The summed E-state index contributed by atoms with van der Waals surface area (Å²) < 4.78 is 14.4. The first kappa shape index (κ1) is 14.4. The van der Waals surface area contributed by atoms with Crippen molar-refractivity contribution in [1.82, 2.24) is 15.0 Å². The highest BCUT2D eigenvalue weighted by molar-refractivity contribution is 5.44. The molecule has 6 heteroatoms. The van der Waals surface area contributed by atoms with Crippen LogP contribution < -0.4 is 10.2 Å². The summed E-state index contributed by atoms with van der Waals surface area (Å²) in [7, 11) is 0. The zero-order valence-corrected chi connectivity index (χ0v) is 13.0. The molecular formula is C17H20FN5. The average molecular weight is 313 g/mol. The fourth-order valence-electron chi connectivity index (χ4n) is 3.02. The lowest BCUT2D eigenvalue weighted by molar-refractivity contribution is 0.595. The smallest absolute Gasteiger partial charge is 0.187 e. The molecule has 23 heavy (non-hydrogen) atoms. The summed E-state index contributed by atoms with van der Waals surface area (Å²) in [6.07, 6.45) is 7.76. The van der Waals surface area contributed by atoms with Crippen LogP contribution in [0.4, 0.5) is 16.0 Å². The normalized spacial score (nSPS) is 17.5. The maximum atomic E-state index is 14.4. The van der Waals surface area contributed by atoms with Crippen LogP contribution in [0.1, 0.15) is 42.9 Å². The van der Waals surface area contributed by atoms with Crippen molar-refractivity contribution in [2.24, 2.45) is 0 Å². The minimum atomic E-state index is -0.302. The Morgan fingerprint density at radius 1 is 1.17 bits per heavy atom. The van der Waals surface area contributed by atoms with Crippen LogP contribution in [0.3, 0.4) is 0 Å². The van der Waals surface area contributed by atoms with E-state index < -0.39 is 0 Å². The van der Waals surface area contributed by atoms with Gasteiger partial charge in [0.05, 0.1) is 5.69 Å². The number of pyridine rings is 1. The lowest BCUT2D eigenvalue weighted by atomic mass is 10.2. The maximum absolute atomic E-state index is 14.4. The fourth-order valence-corrected chi connectivity index (χ4v) is 3.02. The molecule has 2 aliphatic rings. The third-order valence-electron chi connectivity index (χ3n) is 4.48. The van der Waals surface area contributed by atoms with Gasteiger partial charge in [-0.1, -0.05) is 0 Å². The zero-order valence-electron chi connectivity index (χ0n) is 13.0. The van der Waals surface area contributed by atoms with E-state index in [2.05, 4.69) is 31.2 Å². The number of rotatable bonds is 5. The summed E-state index contributed by atoms with van der Waals surface area (Å²) in [5.74, 6) is 1.27. The van der Waals surface area contributed by atoms with Gasteiger partial charge in [-0.25, -0.2) is 19.3 Å². The summed E-state index contributed by atoms with van der Waals surface area (Å²) in [5.41, 5.74) is 1.63. The van der Waals surface area contributed by atoms with Crippen molar-refractivity contribution in [2.45, 2.75) is 38.1 Å². The SMILES string of the molecule is Fc1c(NCc2ccnc(N3CCCC3)c2)ncnc1C1CC1. The van der Waals surface area contributed by atoms with E-state index in [9.17, 15) is 4.39 Å². The van der Waals surface area contributed by atoms with E-state index in [1.807, 2.05) is 12.3 Å². The Morgan fingerprint density at radius 2 is 2.00 bits per heavy atom. The third kappa shape index (κ3) is 3.11. The number of nitrogens with zero attached hydrogens (tertiary/aromatic N) is 4. The zero-order chi connectivity index (χ0) is 15.6. The van der Waals surface area contributed by atoms with Crippen LogP contribution in [0.15, 0.2) is 24.7 Å². The van der Waals surface area contributed by atoms with E-state index >= 15 is 0 Å². The predicted molar refractivity (Wildman–Crippen MR) is 87.0 cm³/mol. The number of hydrogen-bond donors (Lipinski definition) is 1. The van der Waals surface area contributed by atoms with Crippen LogP contribution in [-0.2, 0) is 6.54 Å². The highest BCUT2D eigenvalue weighted by Crippen LogP contribution is 2.40. The van der Waals surface area contributed by atoms with Crippen LogP contribution >= 0.6 is 0 Å². The van der Waals surface area contributed by atoms with E-state index in [0.29, 0.717) is 18.1 Å². The highest BCUT2D eigenvalue weighted by atomic mass is 19.1. The molecule has 3 heterocycles. The lowest BCUT2D eigenvalue weighted by Crippen LogP contribution is -2.19. The summed E-state index contributed by atoms with van der Waals surface area (Å²) in [4.78, 5) is 14.8. The van der Waals surface area contributed by atoms with E-state index in [-0.39, 0.29) is 11.7 Å². The fraction of sp³-hybridized carbons (Fsp3) is 0.471. The quantitative estimate of drug-likeness (QED) is 0.919. The van der Waals surface area contributed by atoms with Gasteiger partial charge in [-0.2, -0.15) is 0 Å². The van der Waals surface area contributed by atoms with Gasteiger partial charge in [-0.3, -0.25) is 0 Å². The number of nitrogens with one attached hydrogen (secondary N) is 1. The second-order valence-corrected chi connectivity index (χ2v) is 6.27. The maximum Gasteiger partial charge on any atom is 0.187 e. The van der Waals surface area contributed by atoms with Crippen molar-refractivity contribution in [3.8, 4) is 0 Å². The number of aromatic nitrogens is 3. The molecule has 1 saturated carbocycles. The van der Waals surface area contributed by atoms with E-state index in [4.69, 9.17) is 0 Å². The molecule has 0 amide bonds. The summed E-state index contributed by atoms with van der Waals surface area (Å²) >= 11 is 0. The standard InChI is InChI=1S/C17H20FN5/c18-15-16(13-3-4-13)21-11-22-17(15)20-10-12-5-6-19-14(9-12)23-7-1-2-8-23/h5-6,9,11,13H,1-4,7-8,10H2,(H,20,21,22). The molecule has 0 atom stereocenters. The molecule has 1 N–H and O–H groups in total. The molecule has 0 aromatic carbocycles. The van der Waals surface area contributed by atoms with Crippen LogP contribution in [0.2, 0.25) is 0 Å².